The van der Waals surface area contributed by atoms with Gasteiger partial charge in [0.1, 0.15) is 0 Å². The molecular formula is C58H40N4. The normalized spacial score (nSPS) is 14.0. The van der Waals surface area contributed by atoms with Gasteiger partial charge in [0, 0.05) is 32.9 Å². The van der Waals surface area contributed by atoms with Crippen molar-refractivity contribution in [3.63, 3.8) is 0 Å². The molecule has 0 amide bonds. The summed E-state index contributed by atoms with van der Waals surface area (Å²) in [6, 6.07) is 80.6. The summed E-state index contributed by atoms with van der Waals surface area (Å²) in [6.07, 6.45) is 1.80. The van der Waals surface area contributed by atoms with Crippen molar-refractivity contribution in [3.8, 4) is 39.1 Å². The molecule has 1 aliphatic heterocycles. The first-order chi connectivity index (χ1) is 30.7. The summed E-state index contributed by atoms with van der Waals surface area (Å²) in [6.45, 7) is 0. The maximum Gasteiger partial charge on any atom is 0.201 e. The number of aliphatic imine (C=N–C) groups is 1. The molecule has 12 rings (SSSR count). The van der Waals surface area contributed by atoms with E-state index in [0.29, 0.717) is 0 Å². The van der Waals surface area contributed by atoms with Crippen molar-refractivity contribution >= 4 is 55.0 Å². The van der Waals surface area contributed by atoms with E-state index in [1.165, 1.54) is 66.0 Å². The molecule has 9 aromatic carbocycles. The number of para-hydroxylation sites is 3. The molecule has 1 unspecified atom stereocenters. The van der Waals surface area contributed by atoms with Gasteiger partial charge in [-0.2, -0.15) is 0 Å². The van der Waals surface area contributed by atoms with E-state index >= 15 is 0 Å². The quantitative estimate of drug-likeness (QED) is 0.171. The van der Waals surface area contributed by atoms with Crippen molar-refractivity contribution < 1.29 is 0 Å². The van der Waals surface area contributed by atoms with E-state index in [2.05, 4.69) is 245 Å². The van der Waals surface area contributed by atoms with Gasteiger partial charge in [0.2, 0.25) is 6.29 Å². The average Bonchev–Trinajstić information content (AvgIpc) is 3.87. The summed E-state index contributed by atoms with van der Waals surface area (Å²) in [5.74, 6) is 0. The third-order valence-corrected chi connectivity index (χ3v) is 12.4. The minimum atomic E-state index is -0.402. The summed E-state index contributed by atoms with van der Waals surface area (Å²) in [5, 5.41) is 8.76. The topological polar surface area (TPSA) is 34.2 Å². The Labute approximate surface area is 360 Å². The van der Waals surface area contributed by atoms with E-state index in [1.54, 1.807) is 0 Å². The Kier molecular flexibility index (Phi) is 8.53. The van der Waals surface area contributed by atoms with Gasteiger partial charge in [-0.15, -0.1) is 0 Å². The Bertz CT molecular complexity index is 3500. The molecular weight excluding hydrogens is 753 g/mol. The maximum absolute atomic E-state index is 5.50. The zero-order valence-electron chi connectivity index (χ0n) is 33.9. The summed E-state index contributed by atoms with van der Waals surface area (Å²) in [5.41, 5.74) is 17.1. The SMILES string of the molecule is C1=C(c2ccc(-c3ccccc3)cc2)NC(n2c3ccccc3c3cc(-c4ccc5c(c4)c4ccccc4n5-c4ccccc4)ccc32)N=C1c1ccc(-c2ccccc2)cc1. The van der Waals surface area contributed by atoms with Gasteiger partial charge in [-0.1, -0.05) is 176 Å². The molecule has 3 heterocycles. The summed E-state index contributed by atoms with van der Waals surface area (Å²) < 4.78 is 4.74. The fourth-order valence-corrected chi connectivity index (χ4v) is 9.36. The van der Waals surface area contributed by atoms with Crippen LogP contribution in [0.25, 0.3) is 88.4 Å². The first-order valence-corrected chi connectivity index (χ1v) is 21.2. The molecule has 4 heteroatoms. The van der Waals surface area contributed by atoms with Crippen molar-refractivity contribution in [2.24, 2.45) is 4.99 Å². The highest BCUT2D eigenvalue weighted by Crippen LogP contribution is 2.39. The number of rotatable bonds is 7. The Morgan fingerprint density at radius 3 is 1.39 bits per heavy atom. The number of fused-ring (bicyclic) bond motifs is 6. The second-order valence-electron chi connectivity index (χ2n) is 16.0. The highest BCUT2D eigenvalue weighted by atomic mass is 15.3. The smallest absolute Gasteiger partial charge is 0.201 e. The van der Waals surface area contributed by atoms with Crippen molar-refractivity contribution in [2.75, 3.05) is 0 Å². The minimum absolute atomic E-state index is 0.402. The van der Waals surface area contributed by atoms with Crippen LogP contribution in [0, 0.1) is 0 Å². The lowest BCUT2D eigenvalue weighted by atomic mass is 9.99. The predicted molar refractivity (Wildman–Crippen MR) is 260 cm³/mol. The molecule has 292 valence electrons. The lowest BCUT2D eigenvalue weighted by Gasteiger charge is -2.27. The monoisotopic (exact) mass is 792 g/mol. The Morgan fingerprint density at radius 1 is 0.339 bits per heavy atom. The number of hydrogen-bond acceptors (Lipinski definition) is 2. The van der Waals surface area contributed by atoms with Gasteiger partial charge in [0.25, 0.3) is 0 Å². The van der Waals surface area contributed by atoms with Gasteiger partial charge in [0.05, 0.1) is 27.8 Å². The molecule has 0 saturated carbocycles. The zero-order valence-corrected chi connectivity index (χ0v) is 33.9. The molecule has 0 aliphatic carbocycles. The van der Waals surface area contributed by atoms with E-state index in [9.17, 15) is 0 Å². The third kappa shape index (κ3) is 6.12. The molecule has 0 saturated heterocycles. The largest absolute Gasteiger partial charge is 0.346 e. The predicted octanol–water partition coefficient (Wildman–Crippen LogP) is 14.5. The fraction of sp³-hybridized carbons (Fsp3) is 0.0172. The molecule has 0 spiro atoms. The standard InChI is InChI=1S/C58H40N4/c1-4-14-39(15-5-1)41-24-28-43(29-25-41)52-38-53(44-30-26-42(27-31-44)40-16-6-2-7-17-40)60-58(59-52)62-55-23-13-11-21-49(55)51-37-46(33-35-57(51)62)45-32-34-56-50(36-45)48-20-10-12-22-54(48)61(56)47-18-8-3-9-19-47/h1-38,58-59H. The van der Waals surface area contributed by atoms with Crippen molar-refractivity contribution in [2.45, 2.75) is 6.29 Å². The van der Waals surface area contributed by atoms with E-state index < -0.39 is 6.29 Å². The molecule has 0 bridgehead atoms. The number of allylic oxidation sites excluding steroid dienone is 1. The van der Waals surface area contributed by atoms with Crippen LogP contribution in [0.15, 0.2) is 236 Å². The summed E-state index contributed by atoms with van der Waals surface area (Å²) in [7, 11) is 0. The van der Waals surface area contributed by atoms with Crippen LogP contribution in [-0.2, 0) is 0 Å². The van der Waals surface area contributed by atoms with Crippen LogP contribution in [0.1, 0.15) is 17.4 Å². The average molecular weight is 793 g/mol. The number of hydrogen-bond donors (Lipinski definition) is 1. The van der Waals surface area contributed by atoms with Crippen LogP contribution >= 0.6 is 0 Å². The van der Waals surface area contributed by atoms with E-state index in [-0.39, 0.29) is 0 Å². The molecule has 4 nitrogen and oxygen atoms in total. The van der Waals surface area contributed by atoms with Gasteiger partial charge >= 0.3 is 0 Å². The number of nitrogens with zero attached hydrogens (tertiary/aromatic N) is 3. The first-order valence-electron chi connectivity index (χ1n) is 21.2. The fourth-order valence-electron chi connectivity index (χ4n) is 9.36. The van der Waals surface area contributed by atoms with Gasteiger partial charge in [-0.3, -0.25) is 0 Å². The minimum Gasteiger partial charge on any atom is -0.346 e. The molecule has 1 aliphatic rings. The van der Waals surface area contributed by atoms with Crippen molar-refractivity contribution in [1.29, 1.82) is 0 Å². The number of aromatic nitrogens is 2. The Morgan fingerprint density at radius 2 is 0.758 bits per heavy atom. The summed E-state index contributed by atoms with van der Waals surface area (Å²) >= 11 is 0. The molecule has 1 atom stereocenters. The van der Waals surface area contributed by atoms with Crippen LogP contribution in [0.5, 0.6) is 0 Å². The van der Waals surface area contributed by atoms with Gasteiger partial charge < -0.3 is 14.5 Å². The van der Waals surface area contributed by atoms with Crippen LogP contribution in [0.3, 0.4) is 0 Å². The number of benzene rings is 9. The van der Waals surface area contributed by atoms with E-state index in [0.717, 1.165) is 39.3 Å². The second-order valence-corrected chi connectivity index (χ2v) is 16.0. The Hall–Kier alpha value is -8.21. The second kappa shape index (κ2) is 14.8. The Balaban J connectivity index is 0.976. The molecule has 11 aromatic rings. The van der Waals surface area contributed by atoms with Crippen molar-refractivity contribution in [1.82, 2.24) is 14.5 Å². The number of nitrogens with one attached hydrogen (secondary N) is 1. The summed E-state index contributed by atoms with van der Waals surface area (Å²) in [4.78, 5) is 5.50. The first kappa shape index (κ1) is 35.7. The van der Waals surface area contributed by atoms with Gasteiger partial charge in [-0.05, 0) is 99.1 Å². The molecule has 62 heavy (non-hydrogen) atoms. The van der Waals surface area contributed by atoms with Crippen molar-refractivity contribution in [3.05, 3.63) is 242 Å². The molecule has 0 fully saturated rings. The van der Waals surface area contributed by atoms with Gasteiger partial charge in [0.15, 0.2) is 0 Å². The highest BCUT2D eigenvalue weighted by Gasteiger charge is 2.24. The van der Waals surface area contributed by atoms with Gasteiger partial charge in [-0.25, -0.2) is 4.99 Å². The lowest BCUT2D eigenvalue weighted by Crippen LogP contribution is -2.29. The third-order valence-electron chi connectivity index (χ3n) is 12.4. The van der Waals surface area contributed by atoms with Crippen LogP contribution < -0.4 is 5.32 Å². The highest BCUT2D eigenvalue weighted by molar-refractivity contribution is 6.14. The maximum atomic E-state index is 5.50. The lowest BCUT2D eigenvalue weighted by molar-refractivity contribution is 0.508. The molecule has 1 N–H and O–H groups in total. The van der Waals surface area contributed by atoms with E-state index in [4.69, 9.17) is 4.99 Å². The zero-order chi connectivity index (χ0) is 41.0. The van der Waals surface area contributed by atoms with E-state index in [1.807, 2.05) is 0 Å². The molecule has 0 radical (unpaired) electrons. The van der Waals surface area contributed by atoms with Crippen LogP contribution in [-0.4, -0.2) is 14.8 Å². The molecule has 2 aromatic heterocycles. The van der Waals surface area contributed by atoms with Crippen LogP contribution in [0.4, 0.5) is 0 Å². The van der Waals surface area contributed by atoms with Crippen LogP contribution in [0.2, 0.25) is 0 Å².